The third kappa shape index (κ3) is 3.20. The van der Waals surface area contributed by atoms with Crippen molar-refractivity contribution in [3.05, 3.63) is 63.8 Å². The van der Waals surface area contributed by atoms with Crippen molar-refractivity contribution in [1.82, 2.24) is 15.1 Å². The Morgan fingerprint density at radius 3 is 2.73 bits per heavy atom. The molecular weight excluding hydrogens is 285 g/mol. The number of hydrogen-bond acceptors (Lipinski definition) is 3. The lowest BCUT2D eigenvalue weighted by molar-refractivity contribution is 0.0956. The van der Waals surface area contributed by atoms with Crippen LogP contribution in [0.25, 0.3) is 0 Å². The molecule has 0 aliphatic heterocycles. The first-order chi connectivity index (χ1) is 10.5. The van der Waals surface area contributed by atoms with Gasteiger partial charge in [0.05, 0.1) is 12.6 Å². The minimum atomic E-state index is -0.551. The fourth-order valence-corrected chi connectivity index (χ4v) is 1.98. The van der Waals surface area contributed by atoms with Gasteiger partial charge in [0.25, 0.3) is 11.5 Å². The molecule has 0 radical (unpaired) electrons. The van der Waals surface area contributed by atoms with Gasteiger partial charge in [0.15, 0.2) is 0 Å². The van der Waals surface area contributed by atoms with Gasteiger partial charge in [-0.1, -0.05) is 18.1 Å². The molecule has 0 fully saturated rings. The van der Waals surface area contributed by atoms with Crippen LogP contribution in [-0.4, -0.2) is 22.2 Å². The van der Waals surface area contributed by atoms with E-state index < -0.39 is 17.5 Å². The molecule has 0 saturated heterocycles. The van der Waals surface area contributed by atoms with Gasteiger partial charge < -0.3 is 5.32 Å². The molecule has 1 aromatic carbocycles. The fourth-order valence-electron chi connectivity index (χ4n) is 1.98. The monoisotopic (exact) mass is 299 g/mol. The number of nitrogens with zero attached hydrogens (tertiary/aromatic N) is 2. The summed E-state index contributed by atoms with van der Waals surface area (Å²) in [4.78, 5) is 24.3. The van der Waals surface area contributed by atoms with Crippen LogP contribution in [0.1, 0.15) is 28.9 Å². The van der Waals surface area contributed by atoms with Crippen LogP contribution < -0.4 is 10.9 Å². The molecule has 1 heterocycles. The largest absolute Gasteiger partial charge is 0.341 e. The molecule has 0 saturated carbocycles. The highest BCUT2D eigenvalue weighted by Gasteiger charge is 2.16. The predicted molar refractivity (Wildman–Crippen MR) is 79.9 cm³/mol. The summed E-state index contributed by atoms with van der Waals surface area (Å²) in [6, 6.07) is 6.65. The first kappa shape index (κ1) is 15.4. The van der Waals surface area contributed by atoms with E-state index in [-0.39, 0.29) is 17.9 Å². The molecule has 6 heteroatoms. The van der Waals surface area contributed by atoms with Crippen molar-refractivity contribution < 1.29 is 9.18 Å². The predicted octanol–water partition coefficient (Wildman–Crippen LogP) is 1.35. The molecule has 1 N–H and O–H groups in total. The maximum atomic E-state index is 13.0. The maximum absolute atomic E-state index is 13.0. The lowest BCUT2D eigenvalue weighted by Gasteiger charge is -2.14. The second-order valence-corrected chi connectivity index (χ2v) is 4.61. The highest BCUT2D eigenvalue weighted by molar-refractivity contribution is 5.93. The van der Waals surface area contributed by atoms with E-state index in [1.54, 1.807) is 19.1 Å². The first-order valence-corrected chi connectivity index (χ1v) is 6.59. The summed E-state index contributed by atoms with van der Waals surface area (Å²) < 4.78 is 14.1. The molecule has 1 atom stereocenters. The standard InChI is InChI=1S/C16H14FN3O2/c1-3-9-18-15(21)14-8-10-19-20(16(14)22)11(2)12-4-6-13(17)7-5-12/h1,4-8,10-11H,9H2,2H3,(H,18,21)/t11-/m1/s1. The van der Waals surface area contributed by atoms with E-state index in [0.29, 0.717) is 5.56 Å². The summed E-state index contributed by atoms with van der Waals surface area (Å²) in [5.41, 5.74) is 0.130. The minimum Gasteiger partial charge on any atom is -0.341 e. The number of benzene rings is 1. The molecule has 0 aliphatic rings. The van der Waals surface area contributed by atoms with Gasteiger partial charge in [-0.3, -0.25) is 9.59 Å². The smallest absolute Gasteiger partial charge is 0.280 e. The highest BCUT2D eigenvalue weighted by atomic mass is 19.1. The number of nitrogens with one attached hydrogen (secondary N) is 1. The summed E-state index contributed by atoms with van der Waals surface area (Å²) in [5, 5.41) is 6.43. The second kappa shape index (κ2) is 6.68. The minimum absolute atomic E-state index is 0.0358. The molecule has 112 valence electrons. The Balaban J connectivity index is 2.36. The Bertz CT molecular complexity index is 775. The number of hydrogen-bond donors (Lipinski definition) is 1. The van der Waals surface area contributed by atoms with Crippen LogP contribution in [-0.2, 0) is 0 Å². The van der Waals surface area contributed by atoms with Crippen molar-refractivity contribution in [2.75, 3.05) is 6.54 Å². The van der Waals surface area contributed by atoms with Crippen molar-refractivity contribution >= 4 is 5.91 Å². The van der Waals surface area contributed by atoms with E-state index >= 15 is 0 Å². The molecule has 0 aliphatic carbocycles. The molecule has 0 spiro atoms. The van der Waals surface area contributed by atoms with Crippen molar-refractivity contribution in [2.45, 2.75) is 13.0 Å². The quantitative estimate of drug-likeness (QED) is 0.867. The van der Waals surface area contributed by atoms with Crippen molar-refractivity contribution in [3.8, 4) is 12.3 Å². The van der Waals surface area contributed by atoms with Crippen LogP contribution in [0.5, 0.6) is 0 Å². The van der Waals surface area contributed by atoms with Gasteiger partial charge in [0, 0.05) is 6.20 Å². The van der Waals surface area contributed by atoms with Crippen molar-refractivity contribution in [1.29, 1.82) is 0 Å². The molecule has 1 amide bonds. The van der Waals surface area contributed by atoms with Crippen LogP contribution in [0.2, 0.25) is 0 Å². The molecule has 0 unspecified atom stereocenters. The summed E-state index contributed by atoms with van der Waals surface area (Å²) >= 11 is 0. The average molecular weight is 299 g/mol. The van der Waals surface area contributed by atoms with Crippen molar-refractivity contribution in [3.63, 3.8) is 0 Å². The van der Waals surface area contributed by atoms with Crippen LogP contribution >= 0.6 is 0 Å². The van der Waals surface area contributed by atoms with Gasteiger partial charge in [-0.15, -0.1) is 6.42 Å². The topological polar surface area (TPSA) is 64.0 Å². The third-order valence-corrected chi connectivity index (χ3v) is 3.19. The molecule has 22 heavy (non-hydrogen) atoms. The average Bonchev–Trinajstić information content (AvgIpc) is 2.53. The number of amides is 1. The Labute approximate surface area is 126 Å². The Hall–Kier alpha value is -2.94. The molecule has 5 nitrogen and oxygen atoms in total. The Morgan fingerprint density at radius 1 is 1.41 bits per heavy atom. The van der Waals surface area contributed by atoms with E-state index in [1.165, 1.54) is 29.1 Å². The zero-order chi connectivity index (χ0) is 16.1. The second-order valence-electron chi connectivity index (χ2n) is 4.61. The zero-order valence-corrected chi connectivity index (χ0v) is 11.9. The van der Waals surface area contributed by atoms with E-state index in [9.17, 15) is 14.0 Å². The van der Waals surface area contributed by atoms with Gasteiger partial charge in [-0.05, 0) is 30.7 Å². The maximum Gasteiger partial charge on any atom is 0.280 e. The SMILES string of the molecule is C#CCNC(=O)c1ccnn([C@H](C)c2ccc(F)cc2)c1=O. The highest BCUT2D eigenvalue weighted by Crippen LogP contribution is 2.15. The number of terminal acetylenes is 1. The molecular formula is C16H14FN3O2. The van der Waals surface area contributed by atoms with Crippen LogP contribution in [0, 0.1) is 18.2 Å². The Morgan fingerprint density at radius 2 is 2.09 bits per heavy atom. The molecule has 2 rings (SSSR count). The fraction of sp³-hybridized carbons (Fsp3) is 0.188. The van der Waals surface area contributed by atoms with Gasteiger partial charge >= 0.3 is 0 Å². The molecule has 0 bridgehead atoms. The van der Waals surface area contributed by atoms with Crippen LogP contribution in [0.15, 0.2) is 41.3 Å². The normalized spacial score (nSPS) is 11.5. The van der Waals surface area contributed by atoms with E-state index in [2.05, 4.69) is 16.3 Å². The zero-order valence-electron chi connectivity index (χ0n) is 11.9. The summed E-state index contributed by atoms with van der Waals surface area (Å²) in [6.07, 6.45) is 6.44. The number of halogens is 1. The number of aromatic nitrogens is 2. The number of rotatable bonds is 4. The van der Waals surface area contributed by atoms with Crippen LogP contribution in [0.3, 0.4) is 0 Å². The van der Waals surface area contributed by atoms with Gasteiger partial charge in [0.2, 0.25) is 0 Å². The van der Waals surface area contributed by atoms with Gasteiger partial charge in [0.1, 0.15) is 11.4 Å². The van der Waals surface area contributed by atoms with Gasteiger partial charge in [-0.2, -0.15) is 5.10 Å². The lowest BCUT2D eigenvalue weighted by atomic mass is 10.1. The summed E-state index contributed by atoms with van der Waals surface area (Å²) in [6.45, 7) is 1.78. The van der Waals surface area contributed by atoms with E-state index in [1.807, 2.05) is 0 Å². The lowest BCUT2D eigenvalue weighted by Crippen LogP contribution is -2.35. The third-order valence-electron chi connectivity index (χ3n) is 3.19. The molecule has 2 aromatic rings. The number of carbonyl (C=O) groups is 1. The van der Waals surface area contributed by atoms with E-state index in [0.717, 1.165) is 0 Å². The Kier molecular flexibility index (Phi) is 4.69. The molecule has 1 aromatic heterocycles. The van der Waals surface area contributed by atoms with Crippen molar-refractivity contribution in [2.24, 2.45) is 0 Å². The number of carbonyl (C=O) groups excluding carboxylic acids is 1. The van der Waals surface area contributed by atoms with E-state index in [4.69, 9.17) is 6.42 Å². The van der Waals surface area contributed by atoms with Crippen LogP contribution in [0.4, 0.5) is 4.39 Å². The van der Waals surface area contributed by atoms with Gasteiger partial charge in [-0.25, -0.2) is 9.07 Å². The first-order valence-electron chi connectivity index (χ1n) is 6.59. The summed E-state index contributed by atoms with van der Waals surface area (Å²) in [7, 11) is 0. The summed E-state index contributed by atoms with van der Waals surface area (Å²) in [5.74, 6) is 1.35.